The van der Waals surface area contributed by atoms with E-state index in [2.05, 4.69) is 12.1 Å². The van der Waals surface area contributed by atoms with Crippen LogP contribution in [0.4, 0.5) is 0 Å². The number of benzene rings is 3. The molecule has 3 aromatic carbocycles. The number of carbonyl (C=O) groups excluding carboxylic acids is 1. The van der Waals surface area contributed by atoms with Crippen molar-refractivity contribution >= 4 is 17.9 Å². The van der Waals surface area contributed by atoms with E-state index in [0.717, 1.165) is 11.1 Å². The number of ketones is 1. The topological polar surface area (TPSA) is 72.5 Å². The van der Waals surface area contributed by atoms with Gasteiger partial charge in [-0.3, -0.25) is 4.79 Å². The lowest BCUT2D eigenvalue weighted by Gasteiger charge is -2.27. The van der Waals surface area contributed by atoms with Gasteiger partial charge in [0, 0.05) is 34.4 Å². The summed E-state index contributed by atoms with van der Waals surface area (Å²) < 4.78 is 33.1. The Morgan fingerprint density at radius 2 is 0.949 bits per heavy atom. The molecule has 204 valence electrons. The first kappa shape index (κ1) is 27.6. The Kier molecular flexibility index (Phi) is 8.81. The van der Waals surface area contributed by atoms with Crippen LogP contribution in [-0.2, 0) is 4.79 Å². The van der Waals surface area contributed by atoms with Gasteiger partial charge in [-0.2, -0.15) is 0 Å². The van der Waals surface area contributed by atoms with Gasteiger partial charge in [0.1, 0.15) is 11.5 Å². The number of Topliss-reactive ketones (excluding diaryl/α,β-unsaturated/α-hetero) is 1. The number of ether oxygens (including phenoxy) is 6. The van der Waals surface area contributed by atoms with E-state index in [1.54, 1.807) is 54.8 Å². The molecule has 39 heavy (non-hydrogen) atoms. The average molecular weight is 531 g/mol. The van der Waals surface area contributed by atoms with Crippen molar-refractivity contribution < 1.29 is 33.2 Å². The molecule has 0 spiro atoms. The van der Waals surface area contributed by atoms with Gasteiger partial charge in [-0.05, 0) is 48.6 Å². The molecule has 1 aliphatic rings. The van der Waals surface area contributed by atoms with Gasteiger partial charge in [-0.15, -0.1) is 0 Å². The van der Waals surface area contributed by atoms with Crippen molar-refractivity contribution in [2.45, 2.75) is 18.8 Å². The standard InChI is InChI=1S/C32H34O7/c1-34-26-18-30(38-5)28(36-3)16-22(26)14-24-12-21(20-10-8-7-9-11-20)13-25(32(24)33)15-23-17-29(37-4)31(39-6)19-27(23)35-2/h7-11,14-19,21H,12-13H2,1-6H3/b24-14+,25-15+. The maximum atomic E-state index is 13.9. The summed E-state index contributed by atoms with van der Waals surface area (Å²) in [5.74, 6) is 3.46. The van der Waals surface area contributed by atoms with E-state index in [1.165, 1.54) is 5.56 Å². The lowest BCUT2D eigenvalue weighted by atomic mass is 9.76. The molecule has 1 fully saturated rings. The van der Waals surface area contributed by atoms with E-state index in [9.17, 15) is 4.79 Å². The molecule has 0 amide bonds. The molecule has 3 aromatic rings. The molecule has 4 rings (SSSR count). The highest BCUT2D eigenvalue weighted by molar-refractivity contribution is 6.14. The number of carbonyl (C=O) groups is 1. The number of hydrogen-bond acceptors (Lipinski definition) is 7. The summed E-state index contributed by atoms with van der Waals surface area (Å²) in [7, 11) is 9.49. The summed E-state index contributed by atoms with van der Waals surface area (Å²) in [4.78, 5) is 13.9. The van der Waals surface area contributed by atoms with E-state index in [-0.39, 0.29) is 11.7 Å². The lowest BCUT2D eigenvalue weighted by molar-refractivity contribution is -0.113. The van der Waals surface area contributed by atoms with E-state index in [1.807, 2.05) is 42.5 Å². The van der Waals surface area contributed by atoms with Crippen LogP contribution >= 0.6 is 0 Å². The van der Waals surface area contributed by atoms with Gasteiger partial charge >= 0.3 is 0 Å². The highest BCUT2D eigenvalue weighted by Crippen LogP contribution is 2.42. The fourth-order valence-electron chi connectivity index (χ4n) is 4.91. The van der Waals surface area contributed by atoms with Gasteiger partial charge in [0.05, 0.1) is 42.7 Å². The number of hydrogen-bond donors (Lipinski definition) is 0. The number of methoxy groups -OCH3 is 6. The molecule has 7 heteroatoms. The molecule has 0 radical (unpaired) electrons. The number of rotatable bonds is 9. The second-order valence-corrected chi connectivity index (χ2v) is 9.08. The van der Waals surface area contributed by atoms with Crippen LogP contribution < -0.4 is 28.4 Å². The van der Waals surface area contributed by atoms with Crippen LogP contribution in [0.3, 0.4) is 0 Å². The minimum Gasteiger partial charge on any atom is -0.496 e. The first-order valence-corrected chi connectivity index (χ1v) is 12.6. The summed E-state index contributed by atoms with van der Waals surface area (Å²) in [6.07, 6.45) is 4.94. The van der Waals surface area contributed by atoms with Crippen molar-refractivity contribution in [1.82, 2.24) is 0 Å². The van der Waals surface area contributed by atoms with Crippen LogP contribution in [0.2, 0.25) is 0 Å². The second-order valence-electron chi connectivity index (χ2n) is 9.08. The predicted molar refractivity (Wildman–Crippen MR) is 152 cm³/mol. The van der Waals surface area contributed by atoms with Crippen molar-refractivity contribution in [2.75, 3.05) is 42.7 Å². The fraction of sp³-hybridized carbons (Fsp3) is 0.281. The van der Waals surface area contributed by atoms with Crippen LogP contribution in [0, 0.1) is 0 Å². The summed E-state index contributed by atoms with van der Waals surface area (Å²) in [6, 6.07) is 17.4. The zero-order valence-electron chi connectivity index (χ0n) is 23.2. The van der Waals surface area contributed by atoms with E-state index in [4.69, 9.17) is 28.4 Å². The molecule has 0 atom stereocenters. The molecule has 0 aromatic heterocycles. The van der Waals surface area contributed by atoms with Gasteiger partial charge in [0.25, 0.3) is 0 Å². The average Bonchev–Trinajstić information content (AvgIpc) is 2.98. The van der Waals surface area contributed by atoms with Gasteiger partial charge in [0.2, 0.25) is 0 Å². The zero-order valence-corrected chi connectivity index (χ0v) is 23.2. The number of allylic oxidation sites excluding steroid dienone is 2. The van der Waals surface area contributed by atoms with Crippen LogP contribution in [0.5, 0.6) is 34.5 Å². The van der Waals surface area contributed by atoms with E-state index in [0.29, 0.717) is 58.5 Å². The van der Waals surface area contributed by atoms with Crippen LogP contribution in [0.15, 0.2) is 65.7 Å². The molecule has 0 N–H and O–H groups in total. The van der Waals surface area contributed by atoms with Crippen molar-refractivity contribution in [3.63, 3.8) is 0 Å². The third kappa shape index (κ3) is 5.87. The largest absolute Gasteiger partial charge is 0.496 e. The third-order valence-corrected chi connectivity index (χ3v) is 6.92. The normalized spacial score (nSPS) is 17.2. The molecule has 0 aliphatic heterocycles. The van der Waals surface area contributed by atoms with Crippen molar-refractivity contribution in [2.24, 2.45) is 0 Å². The molecule has 1 saturated carbocycles. The SMILES string of the molecule is COc1cc(OC)c(OC)cc1/C=C1\CC(c2ccccc2)C/C(=C\c2cc(OC)c(OC)cc2OC)C1=O. The molecule has 1 aliphatic carbocycles. The van der Waals surface area contributed by atoms with Crippen molar-refractivity contribution in [3.05, 3.63) is 82.4 Å². The quantitative estimate of drug-likeness (QED) is 0.299. The highest BCUT2D eigenvalue weighted by atomic mass is 16.5. The van der Waals surface area contributed by atoms with Crippen molar-refractivity contribution in [1.29, 1.82) is 0 Å². The first-order valence-electron chi connectivity index (χ1n) is 12.6. The Balaban J connectivity index is 1.85. The highest BCUT2D eigenvalue weighted by Gasteiger charge is 2.30. The maximum absolute atomic E-state index is 13.9. The molecule has 0 bridgehead atoms. The molecular weight excluding hydrogens is 496 g/mol. The smallest absolute Gasteiger partial charge is 0.185 e. The summed E-state index contributed by atoms with van der Waals surface area (Å²) >= 11 is 0. The third-order valence-electron chi connectivity index (χ3n) is 6.92. The van der Waals surface area contributed by atoms with Gasteiger partial charge < -0.3 is 28.4 Å². The second kappa shape index (κ2) is 12.4. The molecule has 7 nitrogen and oxygen atoms in total. The Hall–Kier alpha value is -4.39. The van der Waals surface area contributed by atoms with Gasteiger partial charge in [-0.25, -0.2) is 0 Å². The molecular formula is C32H34O7. The van der Waals surface area contributed by atoms with Gasteiger partial charge in [-0.1, -0.05) is 30.3 Å². The Labute approximate surface area is 229 Å². The maximum Gasteiger partial charge on any atom is 0.185 e. The van der Waals surface area contributed by atoms with Crippen LogP contribution in [-0.4, -0.2) is 48.4 Å². The monoisotopic (exact) mass is 530 g/mol. The minimum atomic E-state index is -0.0316. The molecule has 0 saturated heterocycles. The summed E-state index contributed by atoms with van der Waals surface area (Å²) in [6.45, 7) is 0. The van der Waals surface area contributed by atoms with E-state index < -0.39 is 0 Å². The van der Waals surface area contributed by atoms with Crippen LogP contribution in [0.25, 0.3) is 12.2 Å². The summed E-state index contributed by atoms with van der Waals surface area (Å²) in [5, 5.41) is 0. The Morgan fingerprint density at radius 1 is 0.564 bits per heavy atom. The van der Waals surface area contributed by atoms with Crippen LogP contribution in [0.1, 0.15) is 35.4 Å². The fourth-order valence-corrected chi connectivity index (χ4v) is 4.91. The minimum absolute atomic E-state index is 0.0316. The van der Waals surface area contributed by atoms with Crippen molar-refractivity contribution in [3.8, 4) is 34.5 Å². The van der Waals surface area contributed by atoms with E-state index >= 15 is 0 Å². The predicted octanol–water partition coefficient (Wildman–Crippen LogP) is 6.35. The van der Waals surface area contributed by atoms with Gasteiger partial charge in [0.15, 0.2) is 28.8 Å². The first-order chi connectivity index (χ1) is 19.0. The molecule has 0 unspecified atom stereocenters. The molecule has 0 heterocycles. The lowest BCUT2D eigenvalue weighted by Crippen LogP contribution is -2.19. The Morgan fingerprint density at radius 3 is 1.33 bits per heavy atom. The summed E-state index contributed by atoms with van der Waals surface area (Å²) in [5.41, 5.74) is 3.98. The Bertz CT molecular complexity index is 1300. The zero-order chi connectivity index (χ0) is 27.9.